The number of carbonyl (C=O) groups is 1. The first kappa shape index (κ1) is 22.6. The first-order chi connectivity index (χ1) is 16.7. The lowest BCUT2D eigenvalue weighted by Crippen LogP contribution is -2.47. The van der Waals surface area contributed by atoms with E-state index in [-0.39, 0.29) is 35.9 Å². The Morgan fingerprint density at radius 3 is 2.80 bits per heavy atom. The van der Waals surface area contributed by atoms with Crippen molar-refractivity contribution in [2.24, 2.45) is 5.73 Å². The van der Waals surface area contributed by atoms with Crippen molar-refractivity contribution in [3.05, 3.63) is 61.1 Å². The summed E-state index contributed by atoms with van der Waals surface area (Å²) < 4.78 is 27.9. The molecule has 0 amide bonds. The third kappa shape index (κ3) is 2.93. The molecule has 0 saturated heterocycles. The molecule has 2 N–H and O–H groups in total. The van der Waals surface area contributed by atoms with E-state index in [4.69, 9.17) is 31.8 Å². The van der Waals surface area contributed by atoms with Gasteiger partial charge in [0.15, 0.2) is 5.60 Å². The number of rotatable bonds is 3. The van der Waals surface area contributed by atoms with Gasteiger partial charge in [0.1, 0.15) is 12.4 Å². The number of ether oxygens (including phenoxy) is 2. The second-order valence-electron chi connectivity index (χ2n) is 9.78. The standard InChI is InChI=1S/C26H25ClFN3O4/c1-4-26(35-11(2)3)15-7-19-23-13(9-31(19)24(32)14(15)10-34-25(26)33)20-17(29)6-5-12-21(20)18(30-23)8-16(28)22(12)27/h7-8,11,17H,4-6,9-10,29H2,1-3H3/t17-,26+/m1/s1. The van der Waals surface area contributed by atoms with Crippen molar-refractivity contribution in [2.45, 2.75) is 70.9 Å². The van der Waals surface area contributed by atoms with Crippen LogP contribution in [0.25, 0.3) is 22.3 Å². The number of cyclic esters (lactones) is 1. The van der Waals surface area contributed by atoms with Crippen molar-refractivity contribution in [3.63, 3.8) is 0 Å². The van der Waals surface area contributed by atoms with Crippen LogP contribution in [0, 0.1) is 5.82 Å². The maximum atomic E-state index is 14.7. The van der Waals surface area contributed by atoms with Crippen LogP contribution in [0.3, 0.4) is 0 Å². The van der Waals surface area contributed by atoms with Crippen molar-refractivity contribution in [1.82, 2.24) is 9.55 Å². The smallest absolute Gasteiger partial charge is 0.343 e. The molecule has 2 aliphatic heterocycles. The van der Waals surface area contributed by atoms with E-state index in [1.165, 1.54) is 6.07 Å². The molecule has 4 heterocycles. The molecule has 3 aromatic rings. The van der Waals surface area contributed by atoms with Gasteiger partial charge in [0.05, 0.1) is 40.1 Å². The summed E-state index contributed by atoms with van der Waals surface area (Å²) in [5.74, 6) is -1.03. The molecule has 7 nitrogen and oxygen atoms in total. The van der Waals surface area contributed by atoms with Crippen LogP contribution >= 0.6 is 11.6 Å². The Labute approximate surface area is 206 Å². The first-order valence-corrected chi connectivity index (χ1v) is 12.3. The zero-order valence-electron chi connectivity index (χ0n) is 19.7. The van der Waals surface area contributed by atoms with Crippen molar-refractivity contribution in [2.75, 3.05) is 0 Å². The molecule has 2 atom stereocenters. The van der Waals surface area contributed by atoms with Crippen molar-refractivity contribution < 1.29 is 18.7 Å². The number of carbonyl (C=O) groups excluding carboxylic acids is 1. The van der Waals surface area contributed by atoms with Gasteiger partial charge in [0.25, 0.3) is 5.56 Å². The number of nitrogens with zero attached hydrogens (tertiary/aromatic N) is 2. The monoisotopic (exact) mass is 497 g/mol. The van der Waals surface area contributed by atoms with Gasteiger partial charge >= 0.3 is 5.97 Å². The van der Waals surface area contributed by atoms with E-state index in [1.54, 1.807) is 4.57 Å². The Bertz CT molecular complexity index is 1520. The second kappa shape index (κ2) is 7.59. The van der Waals surface area contributed by atoms with E-state index in [0.29, 0.717) is 52.9 Å². The maximum absolute atomic E-state index is 14.7. The number of aromatic nitrogens is 2. The lowest BCUT2D eigenvalue weighted by Gasteiger charge is -2.37. The third-order valence-corrected chi connectivity index (χ3v) is 7.90. The molecule has 1 aliphatic carbocycles. The van der Waals surface area contributed by atoms with Crippen LogP contribution in [0.1, 0.15) is 67.5 Å². The van der Waals surface area contributed by atoms with E-state index >= 15 is 0 Å². The fourth-order valence-corrected chi connectivity index (χ4v) is 6.22. The molecule has 0 radical (unpaired) electrons. The van der Waals surface area contributed by atoms with Gasteiger partial charge in [0, 0.05) is 28.6 Å². The predicted octanol–water partition coefficient (Wildman–Crippen LogP) is 4.25. The fraction of sp³-hybridized carbons (Fsp3) is 0.423. The molecule has 0 fully saturated rings. The predicted molar refractivity (Wildman–Crippen MR) is 129 cm³/mol. The first-order valence-electron chi connectivity index (χ1n) is 11.9. The highest BCUT2D eigenvalue weighted by Crippen LogP contribution is 2.46. The number of hydrogen-bond donors (Lipinski definition) is 1. The van der Waals surface area contributed by atoms with Gasteiger partial charge in [-0.15, -0.1) is 0 Å². The average Bonchev–Trinajstić information content (AvgIpc) is 3.18. The molecule has 0 bridgehead atoms. The molecule has 35 heavy (non-hydrogen) atoms. The SMILES string of the molecule is CC[C@@]1(OC(C)C)C(=O)OCc2c1cc1n(c2=O)Cc2c-1nc1cc(F)c(Cl)c3c1c2[C@H](N)CC3. The van der Waals surface area contributed by atoms with Crippen molar-refractivity contribution >= 4 is 28.5 Å². The van der Waals surface area contributed by atoms with Crippen LogP contribution in [0.4, 0.5) is 4.39 Å². The highest BCUT2D eigenvalue weighted by molar-refractivity contribution is 6.32. The van der Waals surface area contributed by atoms with E-state index in [9.17, 15) is 14.0 Å². The zero-order chi connectivity index (χ0) is 24.8. The summed E-state index contributed by atoms with van der Waals surface area (Å²) >= 11 is 6.32. The van der Waals surface area contributed by atoms with Crippen LogP contribution in [0.15, 0.2) is 16.9 Å². The molecule has 3 aliphatic rings. The number of hydrogen-bond acceptors (Lipinski definition) is 6. The van der Waals surface area contributed by atoms with E-state index in [2.05, 4.69) is 0 Å². The minimum atomic E-state index is -1.38. The topological polar surface area (TPSA) is 96.4 Å². The number of aryl methyl sites for hydroxylation is 1. The number of benzene rings is 1. The van der Waals surface area contributed by atoms with Crippen molar-refractivity contribution in [3.8, 4) is 11.4 Å². The normalized spacial score (nSPS) is 22.3. The van der Waals surface area contributed by atoms with Gasteiger partial charge in [-0.05, 0) is 50.3 Å². The van der Waals surface area contributed by atoms with Crippen LogP contribution in [-0.4, -0.2) is 21.6 Å². The van der Waals surface area contributed by atoms with Crippen LogP contribution in [0.5, 0.6) is 0 Å². The number of halogens is 2. The highest BCUT2D eigenvalue weighted by atomic mass is 35.5. The number of pyridine rings is 2. The Morgan fingerprint density at radius 1 is 1.31 bits per heavy atom. The molecule has 9 heteroatoms. The van der Waals surface area contributed by atoms with Gasteiger partial charge in [-0.1, -0.05) is 18.5 Å². The molecule has 1 aromatic carbocycles. The summed E-state index contributed by atoms with van der Waals surface area (Å²) in [6.07, 6.45) is 1.22. The van der Waals surface area contributed by atoms with Crippen LogP contribution < -0.4 is 11.3 Å². The minimum Gasteiger partial charge on any atom is -0.458 e. The average molecular weight is 498 g/mol. The zero-order valence-corrected chi connectivity index (χ0v) is 20.5. The second-order valence-corrected chi connectivity index (χ2v) is 10.2. The van der Waals surface area contributed by atoms with Crippen molar-refractivity contribution in [1.29, 1.82) is 0 Å². The van der Waals surface area contributed by atoms with Gasteiger partial charge in [0.2, 0.25) is 0 Å². The molecule has 0 unspecified atom stereocenters. The highest BCUT2D eigenvalue weighted by Gasteiger charge is 2.49. The molecule has 0 spiro atoms. The molecular formula is C26H25ClFN3O4. The molecular weight excluding hydrogens is 473 g/mol. The number of fused-ring (bicyclic) bond motifs is 5. The maximum Gasteiger partial charge on any atom is 0.343 e. The summed E-state index contributed by atoms with van der Waals surface area (Å²) in [6, 6.07) is 2.87. The summed E-state index contributed by atoms with van der Waals surface area (Å²) in [5.41, 5.74) is 9.86. The number of nitrogens with two attached hydrogens (primary N) is 1. The van der Waals surface area contributed by atoms with Gasteiger partial charge < -0.3 is 19.8 Å². The van der Waals surface area contributed by atoms with E-state index in [1.807, 2.05) is 26.8 Å². The van der Waals surface area contributed by atoms with Gasteiger partial charge in [-0.3, -0.25) is 4.79 Å². The fourth-order valence-electron chi connectivity index (χ4n) is 5.98. The lowest BCUT2D eigenvalue weighted by atomic mass is 9.83. The van der Waals surface area contributed by atoms with Gasteiger partial charge in [-0.2, -0.15) is 0 Å². The summed E-state index contributed by atoms with van der Waals surface area (Å²) in [5, 5.41) is 0.883. The Kier molecular flexibility index (Phi) is 4.91. The van der Waals surface area contributed by atoms with Gasteiger partial charge in [-0.25, -0.2) is 14.2 Å². The quantitative estimate of drug-likeness (QED) is 0.425. The van der Waals surface area contributed by atoms with E-state index in [0.717, 1.165) is 16.5 Å². The molecule has 2 aromatic heterocycles. The summed E-state index contributed by atoms with van der Waals surface area (Å²) in [6.45, 7) is 5.69. The van der Waals surface area contributed by atoms with Crippen LogP contribution in [0.2, 0.25) is 5.02 Å². The van der Waals surface area contributed by atoms with E-state index < -0.39 is 17.4 Å². The molecule has 182 valence electrons. The number of esters is 1. The summed E-state index contributed by atoms with van der Waals surface area (Å²) in [7, 11) is 0. The lowest BCUT2D eigenvalue weighted by molar-refractivity contribution is -0.187. The van der Waals surface area contributed by atoms with Crippen LogP contribution in [-0.2, 0) is 39.4 Å². The largest absolute Gasteiger partial charge is 0.458 e. The Balaban J connectivity index is 1.67. The molecule has 6 rings (SSSR count). The Morgan fingerprint density at radius 2 is 2.09 bits per heavy atom. The Hall–Kier alpha value is -2.81. The third-order valence-electron chi connectivity index (χ3n) is 7.49. The molecule has 0 saturated carbocycles. The summed E-state index contributed by atoms with van der Waals surface area (Å²) in [4.78, 5) is 31.5. The minimum absolute atomic E-state index is 0.102.